The van der Waals surface area contributed by atoms with Crippen molar-refractivity contribution in [1.29, 1.82) is 0 Å². The van der Waals surface area contributed by atoms with Crippen molar-refractivity contribution in [2.24, 2.45) is 0 Å². The minimum Gasteiger partial charge on any atom is -0.508 e. The lowest BCUT2D eigenvalue weighted by Crippen LogP contribution is -2.09. The van der Waals surface area contributed by atoms with Crippen LogP contribution in [0.15, 0.2) is 50.7 Å². The van der Waals surface area contributed by atoms with Gasteiger partial charge in [-0.05, 0) is 51.8 Å². The molecule has 1 aromatic heterocycles. The first-order valence-electron chi connectivity index (χ1n) is 8.18. The molecule has 1 heterocycles. The van der Waals surface area contributed by atoms with Crippen LogP contribution < -0.4 is 15.1 Å². The predicted octanol–water partition coefficient (Wildman–Crippen LogP) is 4.58. The minimum atomic E-state index is -0.634. The van der Waals surface area contributed by atoms with Crippen molar-refractivity contribution >= 4 is 11.0 Å². The lowest BCUT2D eigenvalue weighted by molar-refractivity contribution is 0.309. The van der Waals surface area contributed by atoms with Crippen LogP contribution in [0.2, 0.25) is 0 Å². The fraction of sp³-hybridized carbons (Fsp3) is 0.350. The quantitative estimate of drug-likeness (QED) is 0.588. The molecule has 0 fully saturated rings. The van der Waals surface area contributed by atoms with Gasteiger partial charge in [-0.25, -0.2) is 4.79 Å². The van der Waals surface area contributed by atoms with E-state index in [9.17, 15) is 9.90 Å². The Labute approximate surface area is 147 Å². The molecule has 0 atom stereocenters. The molecule has 0 saturated carbocycles. The topological polar surface area (TPSA) is 68.9 Å². The summed E-state index contributed by atoms with van der Waals surface area (Å²) in [5.41, 5.74) is 2.10. The van der Waals surface area contributed by atoms with E-state index in [4.69, 9.17) is 13.9 Å². The van der Waals surface area contributed by atoms with Gasteiger partial charge >= 0.3 is 5.63 Å². The largest absolute Gasteiger partial charge is 0.508 e. The summed E-state index contributed by atoms with van der Waals surface area (Å²) in [7, 11) is 1.47. The second-order valence-corrected chi connectivity index (χ2v) is 6.11. The highest BCUT2D eigenvalue weighted by Crippen LogP contribution is 2.33. The highest BCUT2D eigenvalue weighted by molar-refractivity contribution is 5.86. The van der Waals surface area contributed by atoms with E-state index < -0.39 is 5.63 Å². The number of phenols is 1. The molecule has 1 aromatic carbocycles. The zero-order chi connectivity index (χ0) is 18.4. The highest BCUT2D eigenvalue weighted by atomic mass is 16.5. The first-order valence-corrected chi connectivity index (χ1v) is 8.18. The molecule has 0 saturated heterocycles. The molecule has 0 radical (unpaired) electrons. The standard InChI is InChI=1S/C20H24O5/c1-13(2)6-5-7-14(3)10-11-24-19-18(23-4)16-9-8-15(21)12-17(16)25-20(19)22/h6,8-10,12,21H,5,7,11H2,1-4H3. The molecular formula is C20H24O5. The number of hydrogen-bond donors (Lipinski definition) is 1. The molecule has 0 aliphatic carbocycles. The molecule has 25 heavy (non-hydrogen) atoms. The van der Waals surface area contributed by atoms with Crippen molar-refractivity contribution in [2.75, 3.05) is 13.7 Å². The zero-order valence-corrected chi connectivity index (χ0v) is 15.1. The molecule has 0 amide bonds. The van der Waals surface area contributed by atoms with Gasteiger partial charge in [0.15, 0.2) is 5.75 Å². The number of fused-ring (bicyclic) bond motifs is 1. The normalized spacial score (nSPS) is 11.4. The van der Waals surface area contributed by atoms with Crippen molar-refractivity contribution < 1.29 is 19.0 Å². The van der Waals surface area contributed by atoms with Crippen molar-refractivity contribution in [1.82, 2.24) is 0 Å². The lowest BCUT2D eigenvalue weighted by atomic mass is 10.1. The molecule has 0 aliphatic heterocycles. The predicted molar refractivity (Wildman–Crippen MR) is 98.6 cm³/mol. The average Bonchev–Trinajstić information content (AvgIpc) is 2.54. The number of allylic oxidation sites excluding steroid dienone is 3. The minimum absolute atomic E-state index is 0.0151. The fourth-order valence-electron chi connectivity index (χ4n) is 2.43. The van der Waals surface area contributed by atoms with Crippen molar-refractivity contribution in [2.45, 2.75) is 33.6 Å². The van der Waals surface area contributed by atoms with Crippen molar-refractivity contribution in [3.8, 4) is 17.2 Å². The van der Waals surface area contributed by atoms with E-state index in [1.807, 2.05) is 13.0 Å². The Bertz CT molecular complexity index is 854. The van der Waals surface area contributed by atoms with Gasteiger partial charge in [0.25, 0.3) is 0 Å². The molecule has 1 N–H and O–H groups in total. The SMILES string of the molecule is COc1c(OCC=C(C)CCC=C(C)C)c(=O)oc2cc(O)ccc12. The second kappa shape index (κ2) is 8.42. The molecule has 2 rings (SSSR count). The molecule has 134 valence electrons. The number of hydrogen-bond acceptors (Lipinski definition) is 5. The molecule has 0 aliphatic rings. The van der Waals surface area contributed by atoms with E-state index in [-0.39, 0.29) is 23.7 Å². The summed E-state index contributed by atoms with van der Waals surface area (Å²) in [6, 6.07) is 4.50. The molecule has 0 spiro atoms. The van der Waals surface area contributed by atoms with E-state index in [1.165, 1.54) is 30.4 Å². The maximum absolute atomic E-state index is 12.2. The molecule has 5 nitrogen and oxygen atoms in total. The van der Waals surface area contributed by atoms with Gasteiger partial charge in [-0.15, -0.1) is 0 Å². The average molecular weight is 344 g/mol. The molecule has 0 unspecified atom stereocenters. The summed E-state index contributed by atoms with van der Waals surface area (Å²) in [4.78, 5) is 12.2. The third-order valence-corrected chi connectivity index (χ3v) is 3.76. The van der Waals surface area contributed by atoms with Gasteiger partial charge in [-0.2, -0.15) is 0 Å². The highest BCUT2D eigenvalue weighted by Gasteiger charge is 2.17. The Morgan fingerprint density at radius 1 is 1.20 bits per heavy atom. The van der Waals surface area contributed by atoms with Crippen LogP contribution in [-0.2, 0) is 0 Å². The summed E-state index contributed by atoms with van der Waals surface area (Å²) in [5, 5.41) is 10.1. The number of benzene rings is 1. The maximum atomic E-state index is 12.2. The number of aromatic hydroxyl groups is 1. The van der Waals surface area contributed by atoms with Crippen LogP contribution in [0, 0.1) is 0 Å². The number of ether oxygens (including phenoxy) is 2. The van der Waals surface area contributed by atoms with Gasteiger partial charge < -0.3 is 19.0 Å². The first kappa shape index (κ1) is 18.6. The Hall–Kier alpha value is -2.69. The summed E-state index contributed by atoms with van der Waals surface area (Å²) >= 11 is 0. The Kier molecular flexibility index (Phi) is 6.28. The summed E-state index contributed by atoms with van der Waals surface area (Å²) in [6.07, 6.45) is 6.06. The summed E-state index contributed by atoms with van der Waals surface area (Å²) in [6.45, 7) is 6.44. The van der Waals surface area contributed by atoms with Crippen LogP contribution in [0.5, 0.6) is 17.2 Å². The summed E-state index contributed by atoms with van der Waals surface area (Å²) < 4.78 is 16.2. The van der Waals surface area contributed by atoms with Gasteiger partial charge in [0.05, 0.1) is 12.5 Å². The number of methoxy groups -OCH3 is 1. The fourth-order valence-corrected chi connectivity index (χ4v) is 2.43. The van der Waals surface area contributed by atoms with E-state index in [2.05, 4.69) is 19.9 Å². The van der Waals surface area contributed by atoms with Crippen LogP contribution in [0.25, 0.3) is 11.0 Å². The Balaban J connectivity index is 2.18. The van der Waals surface area contributed by atoms with Gasteiger partial charge in [0.1, 0.15) is 17.9 Å². The molecule has 2 aromatic rings. The lowest BCUT2D eigenvalue weighted by Gasteiger charge is -2.10. The second-order valence-electron chi connectivity index (χ2n) is 6.11. The molecular weight excluding hydrogens is 320 g/mol. The van der Waals surface area contributed by atoms with Gasteiger partial charge in [-0.1, -0.05) is 17.2 Å². The third-order valence-electron chi connectivity index (χ3n) is 3.76. The van der Waals surface area contributed by atoms with E-state index in [0.29, 0.717) is 11.1 Å². The van der Waals surface area contributed by atoms with Crippen LogP contribution in [0.3, 0.4) is 0 Å². The monoisotopic (exact) mass is 344 g/mol. The summed E-state index contributed by atoms with van der Waals surface area (Å²) in [5.74, 6) is 0.358. The maximum Gasteiger partial charge on any atom is 0.383 e. The van der Waals surface area contributed by atoms with Gasteiger partial charge in [0, 0.05) is 6.07 Å². The molecule has 5 heteroatoms. The van der Waals surface area contributed by atoms with E-state index in [0.717, 1.165) is 12.8 Å². The third kappa shape index (κ3) is 4.89. The van der Waals surface area contributed by atoms with Crippen LogP contribution in [-0.4, -0.2) is 18.8 Å². The Morgan fingerprint density at radius 2 is 1.96 bits per heavy atom. The zero-order valence-electron chi connectivity index (χ0n) is 15.1. The van der Waals surface area contributed by atoms with Crippen molar-refractivity contribution in [3.63, 3.8) is 0 Å². The first-order chi connectivity index (χ1) is 11.9. The van der Waals surface area contributed by atoms with Crippen LogP contribution >= 0.6 is 0 Å². The van der Waals surface area contributed by atoms with E-state index in [1.54, 1.807) is 6.07 Å². The Morgan fingerprint density at radius 3 is 2.64 bits per heavy atom. The number of phenolic OH excluding ortho intramolecular Hbond substituents is 1. The number of rotatable bonds is 7. The smallest absolute Gasteiger partial charge is 0.383 e. The van der Waals surface area contributed by atoms with Crippen LogP contribution in [0.4, 0.5) is 0 Å². The molecule has 0 bridgehead atoms. The van der Waals surface area contributed by atoms with Crippen molar-refractivity contribution in [3.05, 3.63) is 51.9 Å². The van der Waals surface area contributed by atoms with Gasteiger partial charge in [0.2, 0.25) is 5.75 Å². The van der Waals surface area contributed by atoms with Gasteiger partial charge in [-0.3, -0.25) is 0 Å². The van der Waals surface area contributed by atoms with E-state index >= 15 is 0 Å². The van der Waals surface area contributed by atoms with Crippen LogP contribution in [0.1, 0.15) is 33.6 Å².